The van der Waals surface area contributed by atoms with E-state index in [2.05, 4.69) is 26.6 Å². The standard InChI is InChI=1S/C22H25BrN2O5S/c1-2-29-20(26)4-3-13-30-18-11-5-15(6-12-18)14-19(21(27)28)25-22(31)24-17-9-7-16(23)8-10-17/h5-12,19H,2-4,13-14H2,1H3,(H,27,28)(H2,24,25,31). The molecular formula is C22H25BrN2O5S. The summed E-state index contributed by atoms with van der Waals surface area (Å²) < 4.78 is 11.4. The zero-order valence-electron chi connectivity index (χ0n) is 17.1. The van der Waals surface area contributed by atoms with Crippen molar-refractivity contribution in [2.45, 2.75) is 32.2 Å². The van der Waals surface area contributed by atoms with Gasteiger partial charge in [0.2, 0.25) is 0 Å². The molecule has 0 heterocycles. The van der Waals surface area contributed by atoms with Gasteiger partial charge in [-0.2, -0.15) is 0 Å². The van der Waals surface area contributed by atoms with Gasteiger partial charge in [-0.3, -0.25) is 4.79 Å². The number of thiocarbonyl (C=S) groups is 1. The first kappa shape index (κ1) is 24.6. The van der Waals surface area contributed by atoms with Crippen LogP contribution in [0.25, 0.3) is 0 Å². The number of hydrogen-bond acceptors (Lipinski definition) is 5. The van der Waals surface area contributed by atoms with Crippen molar-refractivity contribution >= 4 is 50.9 Å². The lowest BCUT2D eigenvalue weighted by atomic mass is 10.1. The second-order valence-corrected chi connectivity index (χ2v) is 7.93. The van der Waals surface area contributed by atoms with Gasteiger partial charge in [-0.25, -0.2) is 4.79 Å². The second-order valence-electron chi connectivity index (χ2n) is 6.60. The molecule has 0 spiro atoms. The summed E-state index contributed by atoms with van der Waals surface area (Å²) in [6.07, 6.45) is 1.13. The zero-order valence-corrected chi connectivity index (χ0v) is 19.5. The van der Waals surface area contributed by atoms with E-state index in [1.54, 1.807) is 19.1 Å². The van der Waals surface area contributed by atoms with E-state index in [-0.39, 0.29) is 17.5 Å². The molecule has 0 amide bonds. The molecule has 9 heteroatoms. The van der Waals surface area contributed by atoms with Gasteiger partial charge in [-0.15, -0.1) is 0 Å². The van der Waals surface area contributed by atoms with Crippen molar-refractivity contribution in [2.24, 2.45) is 0 Å². The summed E-state index contributed by atoms with van der Waals surface area (Å²) in [4.78, 5) is 23.0. The molecule has 0 bridgehead atoms. The average Bonchev–Trinajstić information content (AvgIpc) is 2.73. The number of carboxylic acids is 1. The molecule has 0 fully saturated rings. The predicted molar refractivity (Wildman–Crippen MR) is 126 cm³/mol. The van der Waals surface area contributed by atoms with Gasteiger partial charge in [0.25, 0.3) is 0 Å². The number of halogens is 1. The van der Waals surface area contributed by atoms with Crippen LogP contribution in [-0.2, 0) is 20.7 Å². The highest BCUT2D eigenvalue weighted by atomic mass is 79.9. The van der Waals surface area contributed by atoms with Crippen LogP contribution in [0.15, 0.2) is 53.0 Å². The van der Waals surface area contributed by atoms with E-state index in [1.807, 2.05) is 36.4 Å². The average molecular weight is 509 g/mol. The van der Waals surface area contributed by atoms with E-state index in [4.69, 9.17) is 21.7 Å². The van der Waals surface area contributed by atoms with Crippen LogP contribution in [0.2, 0.25) is 0 Å². The molecule has 31 heavy (non-hydrogen) atoms. The molecule has 3 N–H and O–H groups in total. The number of ether oxygens (including phenoxy) is 2. The Balaban J connectivity index is 1.82. The number of hydrogen-bond donors (Lipinski definition) is 3. The Bertz CT molecular complexity index is 874. The van der Waals surface area contributed by atoms with Crippen LogP contribution in [-0.4, -0.2) is 41.4 Å². The van der Waals surface area contributed by atoms with E-state index in [0.29, 0.717) is 31.8 Å². The molecule has 1 atom stereocenters. The first-order valence-corrected chi connectivity index (χ1v) is 11.0. The van der Waals surface area contributed by atoms with Crippen LogP contribution in [0.1, 0.15) is 25.3 Å². The molecule has 0 aromatic heterocycles. The lowest BCUT2D eigenvalue weighted by molar-refractivity contribution is -0.143. The number of carbonyl (C=O) groups excluding carboxylic acids is 1. The maximum absolute atomic E-state index is 11.7. The molecule has 7 nitrogen and oxygen atoms in total. The van der Waals surface area contributed by atoms with Gasteiger partial charge >= 0.3 is 11.9 Å². The molecule has 0 saturated carbocycles. The topological polar surface area (TPSA) is 96.9 Å². The van der Waals surface area contributed by atoms with Crippen molar-refractivity contribution in [3.05, 3.63) is 58.6 Å². The van der Waals surface area contributed by atoms with Crippen LogP contribution >= 0.6 is 28.1 Å². The van der Waals surface area contributed by atoms with Crippen LogP contribution < -0.4 is 15.4 Å². The minimum atomic E-state index is -1.00. The molecule has 2 aromatic rings. The quantitative estimate of drug-likeness (QED) is 0.236. The van der Waals surface area contributed by atoms with Crippen molar-refractivity contribution in [1.29, 1.82) is 0 Å². The summed E-state index contributed by atoms with van der Waals surface area (Å²) in [5, 5.41) is 15.6. The van der Waals surface area contributed by atoms with Crippen molar-refractivity contribution in [2.75, 3.05) is 18.5 Å². The minimum Gasteiger partial charge on any atom is -0.494 e. The van der Waals surface area contributed by atoms with Gasteiger partial charge in [0.15, 0.2) is 5.11 Å². The SMILES string of the molecule is CCOC(=O)CCCOc1ccc(CC(NC(=S)Nc2ccc(Br)cc2)C(=O)O)cc1. The Morgan fingerprint density at radius 3 is 2.42 bits per heavy atom. The molecular weight excluding hydrogens is 484 g/mol. The number of carbonyl (C=O) groups is 2. The highest BCUT2D eigenvalue weighted by Crippen LogP contribution is 2.16. The van der Waals surface area contributed by atoms with Crippen LogP contribution in [0.3, 0.4) is 0 Å². The Morgan fingerprint density at radius 2 is 1.81 bits per heavy atom. The molecule has 2 aromatic carbocycles. The van der Waals surface area contributed by atoms with E-state index in [9.17, 15) is 14.7 Å². The van der Waals surface area contributed by atoms with Crippen LogP contribution in [0.5, 0.6) is 5.75 Å². The van der Waals surface area contributed by atoms with Gasteiger partial charge in [0.05, 0.1) is 13.2 Å². The summed E-state index contributed by atoms with van der Waals surface area (Å²) in [5.41, 5.74) is 1.58. The number of rotatable bonds is 11. The number of aliphatic carboxylic acids is 1. The maximum Gasteiger partial charge on any atom is 0.326 e. The molecule has 166 valence electrons. The summed E-state index contributed by atoms with van der Waals surface area (Å²) in [5.74, 6) is -0.583. The molecule has 2 rings (SSSR count). The smallest absolute Gasteiger partial charge is 0.326 e. The summed E-state index contributed by atoms with van der Waals surface area (Å²) in [6.45, 7) is 2.54. The summed E-state index contributed by atoms with van der Waals surface area (Å²) in [7, 11) is 0. The van der Waals surface area contributed by atoms with Crippen molar-refractivity contribution in [1.82, 2.24) is 5.32 Å². The van der Waals surface area contributed by atoms with Crippen molar-refractivity contribution in [3.8, 4) is 5.75 Å². The van der Waals surface area contributed by atoms with Crippen LogP contribution in [0.4, 0.5) is 5.69 Å². The number of esters is 1. The normalized spacial score (nSPS) is 11.3. The lowest BCUT2D eigenvalue weighted by Crippen LogP contribution is -2.44. The van der Waals surface area contributed by atoms with Gasteiger partial charge in [0.1, 0.15) is 11.8 Å². The number of benzene rings is 2. The van der Waals surface area contributed by atoms with E-state index in [0.717, 1.165) is 15.7 Å². The van der Waals surface area contributed by atoms with E-state index < -0.39 is 12.0 Å². The Labute approximate surface area is 195 Å². The van der Waals surface area contributed by atoms with Gasteiger partial charge in [-0.05, 0) is 67.5 Å². The number of nitrogens with one attached hydrogen (secondary N) is 2. The third kappa shape index (κ3) is 9.35. The molecule has 0 aliphatic rings. The third-order valence-electron chi connectivity index (χ3n) is 4.17. The number of carboxylic acid groups (broad SMARTS) is 1. The summed E-state index contributed by atoms with van der Waals surface area (Å²) in [6, 6.07) is 13.7. The molecule has 0 saturated heterocycles. The Hall–Kier alpha value is -2.65. The first-order valence-electron chi connectivity index (χ1n) is 9.80. The fraction of sp³-hybridized carbons (Fsp3) is 0.318. The van der Waals surface area contributed by atoms with Gasteiger partial charge < -0.3 is 25.2 Å². The lowest BCUT2D eigenvalue weighted by Gasteiger charge is -2.18. The zero-order chi connectivity index (χ0) is 22.6. The van der Waals surface area contributed by atoms with E-state index in [1.165, 1.54) is 0 Å². The monoisotopic (exact) mass is 508 g/mol. The molecule has 0 radical (unpaired) electrons. The first-order chi connectivity index (χ1) is 14.9. The maximum atomic E-state index is 11.7. The van der Waals surface area contributed by atoms with Gasteiger partial charge in [-0.1, -0.05) is 28.1 Å². The Morgan fingerprint density at radius 1 is 1.13 bits per heavy atom. The minimum absolute atomic E-state index is 0.233. The van der Waals surface area contributed by atoms with E-state index >= 15 is 0 Å². The fourth-order valence-electron chi connectivity index (χ4n) is 2.66. The highest BCUT2D eigenvalue weighted by Gasteiger charge is 2.19. The van der Waals surface area contributed by atoms with Crippen LogP contribution in [0, 0.1) is 0 Å². The van der Waals surface area contributed by atoms with Crippen molar-refractivity contribution in [3.63, 3.8) is 0 Å². The number of anilines is 1. The molecule has 0 aliphatic carbocycles. The highest BCUT2D eigenvalue weighted by molar-refractivity contribution is 9.10. The second kappa shape index (κ2) is 12.9. The third-order valence-corrected chi connectivity index (χ3v) is 4.92. The molecule has 0 aliphatic heterocycles. The fourth-order valence-corrected chi connectivity index (χ4v) is 3.18. The Kier molecular flexibility index (Phi) is 10.3. The molecule has 1 unspecified atom stereocenters. The summed E-state index contributed by atoms with van der Waals surface area (Å²) >= 11 is 8.61. The predicted octanol–water partition coefficient (Wildman–Crippen LogP) is 4.15. The van der Waals surface area contributed by atoms with Gasteiger partial charge in [0, 0.05) is 23.0 Å². The largest absolute Gasteiger partial charge is 0.494 e. The van der Waals surface area contributed by atoms with Crippen molar-refractivity contribution < 1.29 is 24.2 Å².